The molecule has 2 aromatic carbocycles. The van der Waals surface area contributed by atoms with Crippen LogP contribution in [0, 0.1) is 0 Å². The van der Waals surface area contributed by atoms with E-state index in [9.17, 15) is 4.79 Å². The minimum atomic E-state index is -0.531. The molecule has 6 nitrogen and oxygen atoms in total. The number of imidazole rings is 1. The van der Waals surface area contributed by atoms with Crippen LogP contribution in [-0.4, -0.2) is 22.7 Å². The molecular formula is C21H18ClN3O3. The largest absolute Gasteiger partial charge is 0.454 e. The van der Waals surface area contributed by atoms with E-state index in [2.05, 4.69) is 15.3 Å². The van der Waals surface area contributed by atoms with Gasteiger partial charge in [-0.1, -0.05) is 35.9 Å². The van der Waals surface area contributed by atoms with E-state index in [-0.39, 0.29) is 12.7 Å². The first-order valence-corrected chi connectivity index (χ1v) is 9.51. The highest BCUT2D eigenvalue weighted by Gasteiger charge is 2.52. The van der Waals surface area contributed by atoms with Gasteiger partial charge in [0.1, 0.15) is 0 Å². The Morgan fingerprint density at radius 2 is 2.00 bits per heavy atom. The number of rotatable bonds is 5. The van der Waals surface area contributed by atoms with E-state index in [0.717, 1.165) is 35.4 Å². The number of ether oxygens (including phenoxy) is 2. The number of carbonyl (C=O) groups excluding carboxylic acids is 1. The van der Waals surface area contributed by atoms with Gasteiger partial charge >= 0.3 is 0 Å². The predicted octanol–water partition coefficient (Wildman–Crippen LogP) is 4.05. The summed E-state index contributed by atoms with van der Waals surface area (Å²) >= 11 is 6.22. The number of nitrogens with zero attached hydrogens (tertiary/aromatic N) is 1. The van der Waals surface area contributed by atoms with Gasteiger partial charge in [-0.15, -0.1) is 0 Å². The van der Waals surface area contributed by atoms with Gasteiger partial charge < -0.3 is 14.5 Å². The first-order valence-electron chi connectivity index (χ1n) is 9.13. The molecule has 1 fully saturated rings. The molecule has 1 saturated carbocycles. The SMILES string of the molecule is O=C(Nc1ncc(Cc2ccccc2Cl)[nH]1)C1(c2ccc3c(c2)OCO3)CC1. The van der Waals surface area contributed by atoms with Crippen molar-refractivity contribution in [2.75, 3.05) is 12.1 Å². The van der Waals surface area contributed by atoms with Gasteiger partial charge in [0.25, 0.3) is 0 Å². The van der Waals surface area contributed by atoms with Crippen molar-refractivity contribution >= 4 is 23.5 Å². The highest BCUT2D eigenvalue weighted by molar-refractivity contribution is 6.31. The van der Waals surface area contributed by atoms with Crippen LogP contribution in [-0.2, 0) is 16.6 Å². The molecule has 142 valence electrons. The van der Waals surface area contributed by atoms with Crippen molar-refractivity contribution in [3.05, 3.63) is 70.5 Å². The number of amides is 1. The predicted molar refractivity (Wildman–Crippen MR) is 105 cm³/mol. The van der Waals surface area contributed by atoms with Crippen molar-refractivity contribution < 1.29 is 14.3 Å². The maximum Gasteiger partial charge on any atom is 0.237 e. The van der Waals surface area contributed by atoms with E-state index in [0.29, 0.717) is 23.1 Å². The zero-order valence-corrected chi connectivity index (χ0v) is 15.8. The summed E-state index contributed by atoms with van der Waals surface area (Å²) in [5, 5.41) is 3.63. The molecule has 2 heterocycles. The Morgan fingerprint density at radius 1 is 1.18 bits per heavy atom. The Labute approximate surface area is 166 Å². The maximum absolute atomic E-state index is 13.0. The minimum Gasteiger partial charge on any atom is -0.454 e. The summed E-state index contributed by atoms with van der Waals surface area (Å²) in [5.41, 5.74) is 2.30. The summed E-state index contributed by atoms with van der Waals surface area (Å²) in [6, 6.07) is 13.4. The highest BCUT2D eigenvalue weighted by Crippen LogP contribution is 2.51. The van der Waals surface area contributed by atoms with Gasteiger partial charge in [-0.3, -0.25) is 10.1 Å². The fourth-order valence-corrected chi connectivity index (χ4v) is 3.76. The van der Waals surface area contributed by atoms with E-state index in [1.165, 1.54) is 0 Å². The summed E-state index contributed by atoms with van der Waals surface area (Å²) in [6.45, 7) is 0.221. The third-order valence-corrected chi connectivity index (χ3v) is 5.68. The lowest BCUT2D eigenvalue weighted by Crippen LogP contribution is -2.28. The number of anilines is 1. The van der Waals surface area contributed by atoms with Gasteiger partial charge in [-0.25, -0.2) is 4.98 Å². The van der Waals surface area contributed by atoms with Crippen molar-refractivity contribution in [2.24, 2.45) is 0 Å². The fraction of sp³-hybridized carbons (Fsp3) is 0.238. The number of halogens is 1. The van der Waals surface area contributed by atoms with Gasteiger partial charge in [0.2, 0.25) is 18.6 Å². The van der Waals surface area contributed by atoms with E-state index in [1.54, 1.807) is 6.20 Å². The molecule has 2 aliphatic rings. The van der Waals surface area contributed by atoms with Crippen molar-refractivity contribution in [3.8, 4) is 11.5 Å². The summed E-state index contributed by atoms with van der Waals surface area (Å²) in [7, 11) is 0. The van der Waals surface area contributed by atoms with Crippen LogP contribution in [0.4, 0.5) is 5.95 Å². The number of carbonyl (C=O) groups is 1. The van der Waals surface area contributed by atoms with Gasteiger partial charge in [0.05, 0.1) is 11.6 Å². The number of fused-ring (bicyclic) bond motifs is 1. The topological polar surface area (TPSA) is 76.2 Å². The quantitative estimate of drug-likeness (QED) is 0.683. The normalized spacial score (nSPS) is 16.0. The molecule has 1 aliphatic carbocycles. The van der Waals surface area contributed by atoms with Gasteiger partial charge in [0.15, 0.2) is 11.5 Å². The van der Waals surface area contributed by atoms with Crippen LogP contribution in [0.15, 0.2) is 48.7 Å². The van der Waals surface area contributed by atoms with Gasteiger partial charge in [-0.2, -0.15) is 0 Å². The Balaban J connectivity index is 1.31. The molecule has 0 spiro atoms. The number of hydrogen-bond acceptors (Lipinski definition) is 4. The molecule has 0 radical (unpaired) electrons. The molecule has 1 aromatic heterocycles. The first kappa shape index (κ1) is 17.1. The van der Waals surface area contributed by atoms with Crippen LogP contribution in [0.3, 0.4) is 0 Å². The number of benzene rings is 2. The number of aromatic amines is 1. The second kappa shape index (κ2) is 6.56. The summed E-state index contributed by atoms with van der Waals surface area (Å²) in [4.78, 5) is 20.4. The number of aromatic nitrogens is 2. The molecule has 5 rings (SSSR count). The molecule has 0 bridgehead atoms. The number of H-pyrrole nitrogens is 1. The van der Waals surface area contributed by atoms with E-state index in [1.807, 2.05) is 42.5 Å². The molecule has 3 aromatic rings. The lowest BCUT2D eigenvalue weighted by molar-refractivity contribution is -0.118. The van der Waals surface area contributed by atoms with Crippen molar-refractivity contribution in [3.63, 3.8) is 0 Å². The average molecular weight is 396 g/mol. The minimum absolute atomic E-state index is 0.0648. The summed E-state index contributed by atoms with van der Waals surface area (Å²) in [6.07, 6.45) is 3.94. The Morgan fingerprint density at radius 3 is 2.82 bits per heavy atom. The fourth-order valence-electron chi connectivity index (χ4n) is 3.55. The standard InChI is InChI=1S/C21H18ClN3O3/c22-16-4-2-1-3-13(16)9-15-11-23-20(24-15)25-19(26)21(7-8-21)14-5-6-17-18(10-14)28-12-27-17/h1-6,10-11H,7-9,12H2,(H2,23,24,25,26). The van der Waals surface area contributed by atoms with Crippen molar-refractivity contribution in [2.45, 2.75) is 24.7 Å². The average Bonchev–Trinajstić information content (AvgIpc) is 3.18. The van der Waals surface area contributed by atoms with Crippen LogP contribution in [0.25, 0.3) is 0 Å². The van der Waals surface area contributed by atoms with Crippen molar-refractivity contribution in [1.82, 2.24) is 9.97 Å². The molecule has 0 atom stereocenters. The van der Waals surface area contributed by atoms with E-state index < -0.39 is 5.41 Å². The first-order chi connectivity index (χ1) is 13.6. The molecule has 2 N–H and O–H groups in total. The lowest BCUT2D eigenvalue weighted by atomic mass is 9.94. The van der Waals surface area contributed by atoms with E-state index in [4.69, 9.17) is 21.1 Å². The third-order valence-electron chi connectivity index (χ3n) is 5.31. The smallest absolute Gasteiger partial charge is 0.237 e. The molecule has 0 saturated heterocycles. The van der Waals surface area contributed by atoms with Crippen LogP contribution in [0.1, 0.15) is 29.7 Å². The van der Waals surface area contributed by atoms with Gasteiger partial charge in [-0.05, 0) is 42.2 Å². The Hall–Kier alpha value is -2.99. The third kappa shape index (κ3) is 2.99. The number of hydrogen-bond donors (Lipinski definition) is 2. The van der Waals surface area contributed by atoms with Crippen LogP contribution in [0.2, 0.25) is 5.02 Å². The van der Waals surface area contributed by atoms with Crippen molar-refractivity contribution in [1.29, 1.82) is 0 Å². The lowest BCUT2D eigenvalue weighted by Gasteiger charge is -2.15. The highest BCUT2D eigenvalue weighted by atomic mass is 35.5. The molecule has 1 aliphatic heterocycles. The van der Waals surface area contributed by atoms with Gasteiger partial charge in [0, 0.05) is 17.1 Å². The van der Waals surface area contributed by atoms with Crippen LogP contribution < -0.4 is 14.8 Å². The molecular weight excluding hydrogens is 378 g/mol. The number of nitrogens with one attached hydrogen (secondary N) is 2. The second-order valence-corrected chi connectivity index (χ2v) is 7.54. The monoisotopic (exact) mass is 395 g/mol. The zero-order valence-electron chi connectivity index (χ0n) is 15.0. The summed E-state index contributed by atoms with van der Waals surface area (Å²) in [5.74, 6) is 1.79. The zero-order chi connectivity index (χ0) is 19.1. The van der Waals surface area contributed by atoms with E-state index >= 15 is 0 Å². The Bertz CT molecular complexity index is 1060. The molecule has 7 heteroatoms. The summed E-state index contributed by atoms with van der Waals surface area (Å²) < 4.78 is 10.8. The second-order valence-electron chi connectivity index (χ2n) is 7.13. The van der Waals surface area contributed by atoms with Crippen LogP contribution >= 0.6 is 11.6 Å². The molecule has 1 amide bonds. The molecule has 0 unspecified atom stereocenters. The molecule has 28 heavy (non-hydrogen) atoms. The maximum atomic E-state index is 13.0. The Kier molecular flexibility index (Phi) is 4.02. The van der Waals surface area contributed by atoms with Crippen LogP contribution in [0.5, 0.6) is 11.5 Å².